The standard InChI is InChI=1S/C12H16N2O/c1-8-4-5-9-10(6-8)14-12(2,3)7-11(15)13-9/h4-6,14H,7H2,1-3H3,(H,13,15). The summed E-state index contributed by atoms with van der Waals surface area (Å²) in [5, 5.41) is 6.29. The molecule has 0 bridgehead atoms. The van der Waals surface area contributed by atoms with Crippen molar-refractivity contribution in [2.24, 2.45) is 0 Å². The van der Waals surface area contributed by atoms with Gasteiger partial charge < -0.3 is 10.6 Å². The summed E-state index contributed by atoms with van der Waals surface area (Å²) in [6.07, 6.45) is 0.487. The summed E-state index contributed by atoms with van der Waals surface area (Å²) in [5.74, 6) is 0.0649. The van der Waals surface area contributed by atoms with Gasteiger partial charge in [-0.1, -0.05) is 6.07 Å². The molecule has 0 aromatic heterocycles. The Morgan fingerprint density at radius 1 is 1.27 bits per heavy atom. The Morgan fingerprint density at radius 2 is 2.00 bits per heavy atom. The van der Waals surface area contributed by atoms with Crippen molar-refractivity contribution in [3.8, 4) is 0 Å². The van der Waals surface area contributed by atoms with E-state index in [1.54, 1.807) is 0 Å². The molecule has 3 heteroatoms. The second kappa shape index (κ2) is 3.26. The Kier molecular flexibility index (Phi) is 2.18. The SMILES string of the molecule is Cc1ccc2c(c1)NC(C)(C)CC(=O)N2. The van der Waals surface area contributed by atoms with Gasteiger partial charge in [-0.25, -0.2) is 0 Å². The first-order valence-electron chi connectivity index (χ1n) is 5.15. The van der Waals surface area contributed by atoms with Gasteiger partial charge in [-0.3, -0.25) is 4.79 Å². The fourth-order valence-electron chi connectivity index (χ4n) is 1.88. The molecule has 1 aliphatic rings. The highest BCUT2D eigenvalue weighted by Gasteiger charge is 2.26. The topological polar surface area (TPSA) is 41.1 Å². The van der Waals surface area contributed by atoms with Gasteiger partial charge in [0.15, 0.2) is 0 Å². The van der Waals surface area contributed by atoms with Gasteiger partial charge in [0.25, 0.3) is 0 Å². The highest BCUT2D eigenvalue weighted by Crippen LogP contribution is 2.30. The molecule has 1 aliphatic heterocycles. The average Bonchev–Trinajstić information content (AvgIpc) is 2.17. The zero-order valence-corrected chi connectivity index (χ0v) is 9.35. The van der Waals surface area contributed by atoms with Crippen LogP contribution in [0.25, 0.3) is 0 Å². The lowest BCUT2D eigenvalue weighted by atomic mass is 10.0. The summed E-state index contributed by atoms with van der Waals surface area (Å²) < 4.78 is 0. The molecule has 0 radical (unpaired) electrons. The first-order chi connectivity index (χ1) is 6.96. The molecule has 80 valence electrons. The molecule has 0 spiro atoms. The van der Waals surface area contributed by atoms with E-state index in [2.05, 4.69) is 16.7 Å². The third-order valence-electron chi connectivity index (χ3n) is 2.52. The predicted octanol–water partition coefficient (Wildman–Crippen LogP) is 2.53. The summed E-state index contributed by atoms with van der Waals surface area (Å²) in [7, 11) is 0. The number of anilines is 2. The van der Waals surface area contributed by atoms with Crippen LogP contribution in [-0.2, 0) is 4.79 Å². The van der Waals surface area contributed by atoms with Gasteiger partial charge in [-0.15, -0.1) is 0 Å². The summed E-state index contributed by atoms with van der Waals surface area (Å²) in [6.45, 7) is 6.11. The van der Waals surface area contributed by atoms with E-state index in [1.807, 2.05) is 32.9 Å². The number of aryl methyl sites for hydroxylation is 1. The first-order valence-corrected chi connectivity index (χ1v) is 5.15. The maximum absolute atomic E-state index is 11.6. The van der Waals surface area contributed by atoms with Gasteiger partial charge in [0, 0.05) is 12.0 Å². The molecule has 15 heavy (non-hydrogen) atoms. The lowest BCUT2D eigenvalue weighted by Crippen LogP contribution is -2.32. The van der Waals surface area contributed by atoms with Gasteiger partial charge in [0.05, 0.1) is 11.4 Å². The molecule has 1 amide bonds. The molecule has 0 atom stereocenters. The zero-order valence-electron chi connectivity index (χ0n) is 9.35. The van der Waals surface area contributed by atoms with Gasteiger partial charge in [0.1, 0.15) is 0 Å². The highest BCUT2D eigenvalue weighted by molar-refractivity contribution is 5.97. The van der Waals surface area contributed by atoms with Crippen LogP contribution >= 0.6 is 0 Å². The van der Waals surface area contributed by atoms with E-state index in [1.165, 1.54) is 5.56 Å². The molecule has 0 unspecified atom stereocenters. The van der Waals surface area contributed by atoms with Crippen LogP contribution in [0.2, 0.25) is 0 Å². The maximum atomic E-state index is 11.6. The number of rotatable bonds is 0. The quantitative estimate of drug-likeness (QED) is 0.681. The smallest absolute Gasteiger partial charge is 0.226 e. The first kappa shape index (κ1) is 10.0. The van der Waals surface area contributed by atoms with E-state index >= 15 is 0 Å². The van der Waals surface area contributed by atoms with E-state index in [9.17, 15) is 4.79 Å². The monoisotopic (exact) mass is 204 g/mol. The lowest BCUT2D eigenvalue weighted by Gasteiger charge is -2.24. The van der Waals surface area contributed by atoms with Crippen LogP contribution in [0, 0.1) is 6.92 Å². The number of benzene rings is 1. The summed E-state index contributed by atoms with van der Waals surface area (Å²) in [5.41, 5.74) is 2.87. The van der Waals surface area contributed by atoms with E-state index in [-0.39, 0.29) is 11.4 Å². The summed E-state index contributed by atoms with van der Waals surface area (Å²) >= 11 is 0. The van der Waals surface area contributed by atoms with Crippen molar-refractivity contribution in [1.82, 2.24) is 0 Å². The van der Waals surface area contributed by atoms with Crippen molar-refractivity contribution in [3.63, 3.8) is 0 Å². The normalized spacial score (nSPS) is 18.5. The molecule has 3 nitrogen and oxygen atoms in total. The Morgan fingerprint density at radius 3 is 2.73 bits per heavy atom. The molecule has 0 fully saturated rings. The minimum absolute atomic E-state index is 0.0649. The molecular weight excluding hydrogens is 188 g/mol. The minimum atomic E-state index is -0.191. The molecule has 2 rings (SSSR count). The molecular formula is C12H16N2O. The molecule has 1 aromatic carbocycles. The van der Waals surface area contributed by atoms with Crippen LogP contribution in [0.5, 0.6) is 0 Å². The number of fused-ring (bicyclic) bond motifs is 1. The van der Waals surface area contributed by atoms with Gasteiger partial charge in [-0.05, 0) is 38.5 Å². The maximum Gasteiger partial charge on any atom is 0.226 e. The highest BCUT2D eigenvalue weighted by atomic mass is 16.1. The van der Waals surface area contributed by atoms with Crippen molar-refractivity contribution < 1.29 is 4.79 Å². The van der Waals surface area contributed by atoms with Crippen molar-refractivity contribution in [1.29, 1.82) is 0 Å². The fraction of sp³-hybridized carbons (Fsp3) is 0.417. The molecule has 0 saturated carbocycles. The molecule has 1 aromatic rings. The number of nitrogens with one attached hydrogen (secondary N) is 2. The average molecular weight is 204 g/mol. The van der Waals surface area contributed by atoms with E-state index in [0.29, 0.717) is 6.42 Å². The van der Waals surface area contributed by atoms with E-state index in [4.69, 9.17) is 0 Å². The van der Waals surface area contributed by atoms with Crippen molar-refractivity contribution >= 4 is 17.3 Å². The van der Waals surface area contributed by atoms with E-state index < -0.39 is 0 Å². The Bertz CT molecular complexity index is 410. The van der Waals surface area contributed by atoms with Crippen LogP contribution in [0.4, 0.5) is 11.4 Å². The van der Waals surface area contributed by atoms with Gasteiger partial charge in [-0.2, -0.15) is 0 Å². The van der Waals surface area contributed by atoms with Crippen molar-refractivity contribution in [2.75, 3.05) is 10.6 Å². The van der Waals surface area contributed by atoms with Crippen molar-refractivity contribution in [3.05, 3.63) is 23.8 Å². The Labute approximate surface area is 89.9 Å². The number of hydrogen-bond acceptors (Lipinski definition) is 2. The Hall–Kier alpha value is -1.51. The van der Waals surface area contributed by atoms with Crippen LogP contribution < -0.4 is 10.6 Å². The number of amides is 1. The van der Waals surface area contributed by atoms with Crippen LogP contribution in [-0.4, -0.2) is 11.4 Å². The van der Waals surface area contributed by atoms with E-state index in [0.717, 1.165) is 11.4 Å². The molecule has 2 N–H and O–H groups in total. The number of carbonyl (C=O) groups excluding carboxylic acids is 1. The lowest BCUT2D eigenvalue weighted by molar-refractivity contribution is -0.116. The Balaban J connectivity index is 2.45. The summed E-state index contributed by atoms with van der Waals surface area (Å²) in [4.78, 5) is 11.6. The number of hydrogen-bond donors (Lipinski definition) is 2. The summed E-state index contributed by atoms with van der Waals surface area (Å²) in [6, 6.07) is 6.00. The number of carbonyl (C=O) groups is 1. The fourth-order valence-corrected chi connectivity index (χ4v) is 1.88. The third-order valence-corrected chi connectivity index (χ3v) is 2.52. The third kappa shape index (κ3) is 2.12. The van der Waals surface area contributed by atoms with Crippen LogP contribution in [0.3, 0.4) is 0 Å². The minimum Gasteiger partial charge on any atom is -0.378 e. The second-order valence-corrected chi connectivity index (χ2v) is 4.78. The predicted molar refractivity (Wildman–Crippen MR) is 62.1 cm³/mol. The molecule has 0 saturated heterocycles. The molecule has 1 heterocycles. The van der Waals surface area contributed by atoms with Gasteiger partial charge in [0.2, 0.25) is 5.91 Å². The van der Waals surface area contributed by atoms with Gasteiger partial charge >= 0.3 is 0 Å². The van der Waals surface area contributed by atoms with Crippen LogP contribution in [0.15, 0.2) is 18.2 Å². The zero-order chi connectivity index (χ0) is 11.1. The van der Waals surface area contributed by atoms with Crippen molar-refractivity contribution in [2.45, 2.75) is 32.7 Å². The van der Waals surface area contributed by atoms with Crippen LogP contribution in [0.1, 0.15) is 25.8 Å². The largest absolute Gasteiger partial charge is 0.378 e. The molecule has 0 aliphatic carbocycles. The second-order valence-electron chi connectivity index (χ2n) is 4.78.